The van der Waals surface area contributed by atoms with Gasteiger partial charge in [-0.1, -0.05) is 20.8 Å². The van der Waals surface area contributed by atoms with Crippen LogP contribution in [-0.2, 0) is 4.79 Å². The van der Waals surface area contributed by atoms with Gasteiger partial charge in [0.25, 0.3) is 0 Å². The lowest BCUT2D eigenvalue weighted by Gasteiger charge is -2.19. The summed E-state index contributed by atoms with van der Waals surface area (Å²) in [6.45, 7) is 9.48. The van der Waals surface area contributed by atoms with Gasteiger partial charge in [0.2, 0.25) is 5.91 Å². The van der Waals surface area contributed by atoms with Crippen LogP contribution in [0.2, 0.25) is 0 Å². The number of likely N-dealkylation sites (tertiary alicyclic amines) is 1. The van der Waals surface area contributed by atoms with E-state index in [0.29, 0.717) is 17.9 Å². The summed E-state index contributed by atoms with van der Waals surface area (Å²) in [5.41, 5.74) is 0. The Hall–Kier alpha value is -0.570. The van der Waals surface area contributed by atoms with Crippen LogP contribution in [0.1, 0.15) is 46.5 Å². The van der Waals surface area contributed by atoms with E-state index in [9.17, 15) is 4.79 Å². The fraction of sp³-hybridized carbons (Fsp3) is 0.923. The molecule has 2 atom stereocenters. The van der Waals surface area contributed by atoms with Gasteiger partial charge >= 0.3 is 0 Å². The van der Waals surface area contributed by atoms with Crippen LogP contribution < -0.4 is 5.32 Å². The molecule has 1 heterocycles. The van der Waals surface area contributed by atoms with Crippen LogP contribution in [-0.4, -0.2) is 36.5 Å². The van der Waals surface area contributed by atoms with Gasteiger partial charge in [-0.2, -0.15) is 0 Å². The van der Waals surface area contributed by atoms with E-state index < -0.39 is 0 Å². The molecule has 0 aromatic rings. The maximum absolute atomic E-state index is 11.6. The van der Waals surface area contributed by atoms with Crippen LogP contribution >= 0.6 is 0 Å². The van der Waals surface area contributed by atoms with Gasteiger partial charge in [0.15, 0.2) is 0 Å². The third-order valence-electron chi connectivity index (χ3n) is 3.37. The largest absolute Gasteiger partial charge is 0.342 e. The van der Waals surface area contributed by atoms with Crippen LogP contribution in [0.5, 0.6) is 0 Å². The quantitative estimate of drug-likeness (QED) is 0.720. The van der Waals surface area contributed by atoms with Gasteiger partial charge in [0, 0.05) is 25.6 Å². The molecule has 0 bridgehead atoms. The average molecular weight is 226 g/mol. The second-order valence-electron chi connectivity index (χ2n) is 4.95. The molecule has 2 unspecified atom stereocenters. The molecule has 1 rings (SSSR count). The Morgan fingerprint density at radius 1 is 1.50 bits per heavy atom. The predicted molar refractivity (Wildman–Crippen MR) is 67.4 cm³/mol. The molecule has 3 nitrogen and oxygen atoms in total. The summed E-state index contributed by atoms with van der Waals surface area (Å²) in [6, 6.07) is 0.625. The second-order valence-corrected chi connectivity index (χ2v) is 4.95. The summed E-state index contributed by atoms with van der Waals surface area (Å²) in [6.07, 6.45) is 4.25. The monoisotopic (exact) mass is 226 g/mol. The molecular weight excluding hydrogens is 200 g/mol. The number of nitrogens with one attached hydrogen (secondary N) is 1. The molecule has 16 heavy (non-hydrogen) atoms. The molecule has 0 saturated carbocycles. The van der Waals surface area contributed by atoms with Crippen LogP contribution in [0.3, 0.4) is 0 Å². The molecule has 0 aliphatic carbocycles. The Morgan fingerprint density at radius 3 is 2.75 bits per heavy atom. The minimum absolute atomic E-state index is 0.351. The highest BCUT2D eigenvalue weighted by Gasteiger charge is 2.25. The van der Waals surface area contributed by atoms with Gasteiger partial charge in [0.05, 0.1) is 0 Å². The van der Waals surface area contributed by atoms with E-state index in [1.807, 2.05) is 4.90 Å². The molecule has 1 saturated heterocycles. The highest BCUT2D eigenvalue weighted by Crippen LogP contribution is 2.17. The van der Waals surface area contributed by atoms with Crippen LogP contribution in [0.15, 0.2) is 0 Å². The lowest BCUT2D eigenvalue weighted by Crippen LogP contribution is -2.31. The number of amides is 1. The van der Waals surface area contributed by atoms with Crippen molar-refractivity contribution in [1.82, 2.24) is 10.2 Å². The van der Waals surface area contributed by atoms with E-state index in [2.05, 4.69) is 26.1 Å². The molecule has 1 fully saturated rings. The molecular formula is C13H26N2O. The van der Waals surface area contributed by atoms with Crippen molar-refractivity contribution in [3.63, 3.8) is 0 Å². The van der Waals surface area contributed by atoms with Crippen molar-refractivity contribution in [2.45, 2.75) is 52.5 Å². The number of carbonyl (C=O) groups is 1. The maximum Gasteiger partial charge on any atom is 0.222 e. The summed E-state index contributed by atoms with van der Waals surface area (Å²) >= 11 is 0. The molecule has 94 valence electrons. The van der Waals surface area contributed by atoms with E-state index >= 15 is 0 Å². The van der Waals surface area contributed by atoms with Crippen molar-refractivity contribution < 1.29 is 4.79 Å². The van der Waals surface area contributed by atoms with Crippen molar-refractivity contribution in [2.75, 3.05) is 19.6 Å². The SMILES string of the molecule is CCNC(CC)CCCN1CC(C)CC1=O. The topological polar surface area (TPSA) is 32.3 Å². The minimum Gasteiger partial charge on any atom is -0.342 e. The first-order valence-corrected chi connectivity index (χ1v) is 6.68. The van der Waals surface area contributed by atoms with Crippen LogP contribution in [0, 0.1) is 5.92 Å². The number of carbonyl (C=O) groups excluding carboxylic acids is 1. The summed E-state index contributed by atoms with van der Waals surface area (Å²) in [4.78, 5) is 13.6. The van der Waals surface area contributed by atoms with Crippen molar-refractivity contribution in [3.05, 3.63) is 0 Å². The van der Waals surface area contributed by atoms with Gasteiger partial charge in [-0.3, -0.25) is 4.79 Å². The molecule has 1 aliphatic heterocycles. The smallest absolute Gasteiger partial charge is 0.222 e. The van der Waals surface area contributed by atoms with Gasteiger partial charge in [-0.15, -0.1) is 0 Å². The fourth-order valence-corrected chi connectivity index (χ4v) is 2.45. The highest BCUT2D eigenvalue weighted by molar-refractivity contribution is 5.78. The fourth-order valence-electron chi connectivity index (χ4n) is 2.45. The summed E-state index contributed by atoms with van der Waals surface area (Å²) < 4.78 is 0. The number of hydrogen-bond donors (Lipinski definition) is 1. The minimum atomic E-state index is 0.351. The molecule has 0 aromatic heterocycles. The van der Waals surface area contributed by atoms with Crippen molar-refractivity contribution in [1.29, 1.82) is 0 Å². The first-order valence-electron chi connectivity index (χ1n) is 6.68. The van der Waals surface area contributed by atoms with Gasteiger partial charge in [-0.05, 0) is 31.7 Å². The molecule has 1 aliphatic rings. The van der Waals surface area contributed by atoms with Gasteiger partial charge in [0.1, 0.15) is 0 Å². The number of nitrogens with zero attached hydrogens (tertiary/aromatic N) is 1. The molecule has 0 aromatic carbocycles. The first-order chi connectivity index (χ1) is 7.67. The Kier molecular flexibility index (Phi) is 5.81. The molecule has 1 N–H and O–H groups in total. The molecule has 0 radical (unpaired) electrons. The Labute approximate surface area is 99.6 Å². The number of hydrogen-bond acceptors (Lipinski definition) is 2. The van der Waals surface area contributed by atoms with Crippen LogP contribution in [0.25, 0.3) is 0 Å². The Morgan fingerprint density at radius 2 is 2.25 bits per heavy atom. The average Bonchev–Trinajstić information content (AvgIpc) is 2.56. The van der Waals surface area contributed by atoms with Crippen molar-refractivity contribution >= 4 is 5.91 Å². The van der Waals surface area contributed by atoms with E-state index in [1.165, 1.54) is 12.8 Å². The highest BCUT2D eigenvalue weighted by atomic mass is 16.2. The summed E-state index contributed by atoms with van der Waals surface area (Å²) in [5, 5.41) is 3.47. The van der Waals surface area contributed by atoms with E-state index in [0.717, 1.165) is 32.5 Å². The van der Waals surface area contributed by atoms with E-state index in [-0.39, 0.29) is 0 Å². The van der Waals surface area contributed by atoms with Gasteiger partial charge < -0.3 is 10.2 Å². The Bertz CT molecular complexity index is 218. The molecule has 0 spiro atoms. The van der Waals surface area contributed by atoms with Crippen molar-refractivity contribution in [3.8, 4) is 0 Å². The zero-order valence-electron chi connectivity index (χ0n) is 11.0. The third-order valence-corrected chi connectivity index (χ3v) is 3.37. The zero-order valence-corrected chi connectivity index (χ0v) is 11.0. The standard InChI is InChI=1S/C13H26N2O/c1-4-12(14-5-2)7-6-8-15-10-11(3)9-13(15)16/h11-12,14H,4-10H2,1-3H3. The van der Waals surface area contributed by atoms with Crippen molar-refractivity contribution in [2.24, 2.45) is 5.92 Å². The first kappa shape index (κ1) is 13.5. The zero-order chi connectivity index (χ0) is 12.0. The van der Waals surface area contributed by atoms with Crippen LogP contribution in [0.4, 0.5) is 0 Å². The summed E-state index contributed by atoms with van der Waals surface area (Å²) in [7, 11) is 0. The normalized spacial score (nSPS) is 22.8. The molecule has 1 amide bonds. The third kappa shape index (κ3) is 4.12. The lowest BCUT2D eigenvalue weighted by atomic mass is 10.1. The van der Waals surface area contributed by atoms with E-state index in [1.54, 1.807) is 0 Å². The second kappa shape index (κ2) is 6.89. The molecule has 3 heteroatoms. The lowest BCUT2D eigenvalue weighted by molar-refractivity contribution is -0.127. The maximum atomic E-state index is 11.6. The summed E-state index contributed by atoms with van der Waals surface area (Å²) in [5.74, 6) is 0.909. The number of rotatable bonds is 7. The van der Waals surface area contributed by atoms with Gasteiger partial charge in [-0.25, -0.2) is 0 Å². The predicted octanol–water partition coefficient (Wildman–Crippen LogP) is 2.02. The Balaban J connectivity index is 2.17. The van der Waals surface area contributed by atoms with E-state index in [4.69, 9.17) is 0 Å².